The third kappa shape index (κ3) is 2.04. The number of ketones is 1. The van der Waals surface area contributed by atoms with Crippen LogP contribution in [-0.2, 0) is 20.7 Å². The molecule has 24 heavy (non-hydrogen) atoms. The van der Waals surface area contributed by atoms with Gasteiger partial charge in [-0.05, 0) is 48.6 Å². The van der Waals surface area contributed by atoms with Crippen molar-refractivity contribution in [1.29, 1.82) is 0 Å². The number of Topliss-reactive ketones (excluding diaryl/α,β-unsaturated/α-hetero) is 1. The van der Waals surface area contributed by atoms with Crippen LogP contribution in [0.5, 0.6) is 0 Å². The van der Waals surface area contributed by atoms with Gasteiger partial charge in [-0.15, -0.1) is 0 Å². The zero-order valence-corrected chi connectivity index (χ0v) is 14.3. The van der Waals surface area contributed by atoms with Gasteiger partial charge in [0.1, 0.15) is 12.4 Å². The predicted octanol–water partition coefficient (Wildman–Crippen LogP) is 3.71. The molecule has 0 unspecified atom stereocenters. The summed E-state index contributed by atoms with van der Waals surface area (Å²) in [6, 6.07) is 1.99. The van der Waals surface area contributed by atoms with Crippen molar-refractivity contribution in [3.05, 3.63) is 35.8 Å². The molecule has 128 valence electrons. The summed E-state index contributed by atoms with van der Waals surface area (Å²) in [6.45, 7) is 4.69. The van der Waals surface area contributed by atoms with Crippen LogP contribution in [0.1, 0.15) is 45.1 Å². The molecule has 4 heteroatoms. The standard InChI is InChI=1S/C20H24O4/c1-13-16(21)10-20-12-24-18(22)15(20)4-3-5-17(20)19(13,2)8-6-14-7-9-23-11-14/h4,7,9,11,13,17H,3,5-6,8,10,12H2,1-2H3/t13-,17-,19+,20-/m1/s1. The van der Waals surface area contributed by atoms with Crippen molar-refractivity contribution in [3.63, 3.8) is 0 Å². The minimum absolute atomic E-state index is 0.00933. The van der Waals surface area contributed by atoms with E-state index in [1.165, 1.54) is 5.56 Å². The zero-order chi connectivity index (χ0) is 16.9. The molecule has 0 radical (unpaired) electrons. The number of rotatable bonds is 3. The fourth-order valence-electron chi connectivity index (χ4n) is 5.40. The second-order valence-electron chi connectivity index (χ2n) is 7.98. The van der Waals surface area contributed by atoms with Crippen molar-refractivity contribution in [2.75, 3.05) is 6.61 Å². The molecule has 2 heterocycles. The Labute approximate surface area is 142 Å². The number of carbonyl (C=O) groups excluding carboxylic acids is 2. The highest BCUT2D eigenvalue weighted by molar-refractivity contribution is 5.95. The SMILES string of the molecule is C[C@@H]1C(=O)C[C@@]23COC(=O)C2=CCC[C@@H]3[C@@]1(C)CCc1ccoc1. The number of ether oxygens (including phenoxy) is 1. The molecule has 3 aliphatic rings. The van der Waals surface area contributed by atoms with E-state index in [1.54, 1.807) is 12.5 Å². The van der Waals surface area contributed by atoms with E-state index in [0.29, 0.717) is 18.9 Å². The van der Waals surface area contributed by atoms with Gasteiger partial charge in [0, 0.05) is 23.3 Å². The number of hydrogen-bond acceptors (Lipinski definition) is 4. The Morgan fingerprint density at radius 1 is 1.33 bits per heavy atom. The molecule has 0 bridgehead atoms. The Hall–Kier alpha value is -1.84. The summed E-state index contributed by atoms with van der Waals surface area (Å²) in [4.78, 5) is 25.0. The molecule has 1 saturated heterocycles. The van der Waals surface area contributed by atoms with Gasteiger partial charge < -0.3 is 9.15 Å². The quantitative estimate of drug-likeness (QED) is 0.794. The molecule has 4 nitrogen and oxygen atoms in total. The van der Waals surface area contributed by atoms with Crippen molar-refractivity contribution >= 4 is 11.8 Å². The molecule has 2 aliphatic carbocycles. The molecule has 1 saturated carbocycles. The molecule has 4 atom stereocenters. The second kappa shape index (κ2) is 5.33. The largest absolute Gasteiger partial charge is 0.472 e. The maximum atomic E-state index is 12.9. The predicted molar refractivity (Wildman–Crippen MR) is 88.1 cm³/mol. The summed E-state index contributed by atoms with van der Waals surface area (Å²) in [5.74, 6) is 0.386. The molecular formula is C20H24O4. The molecule has 1 aromatic rings. The summed E-state index contributed by atoms with van der Waals surface area (Å²) in [7, 11) is 0. The summed E-state index contributed by atoms with van der Waals surface area (Å²) >= 11 is 0. The number of allylic oxidation sites excluding steroid dienone is 1. The first-order valence-electron chi connectivity index (χ1n) is 8.89. The highest BCUT2D eigenvalue weighted by atomic mass is 16.5. The minimum Gasteiger partial charge on any atom is -0.472 e. The summed E-state index contributed by atoms with van der Waals surface area (Å²) < 4.78 is 10.6. The molecule has 0 aromatic carbocycles. The lowest BCUT2D eigenvalue weighted by Crippen LogP contribution is -2.55. The van der Waals surface area contributed by atoms with Gasteiger partial charge in [0.05, 0.1) is 12.5 Å². The van der Waals surface area contributed by atoms with Crippen molar-refractivity contribution in [3.8, 4) is 0 Å². The Balaban J connectivity index is 1.71. The molecule has 0 N–H and O–H groups in total. The van der Waals surface area contributed by atoms with Gasteiger partial charge in [-0.25, -0.2) is 4.79 Å². The second-order valence-corrected chi connectivity index (χ2v) is 7.98. The maximum absolute atomic E-state index is 12.9. The van der Waals surface area contributed by atoms with Gasteiger partial charge >= 0.3 is 5.97 Å². The molecule has 2 fully saturated rings. The third-order valence-corrected chi connectivity index (χ3v) is 6.98. The first-order chi connectivity index (χ1) is 11.5. The highest BCUT2D eigenvalue weighted by Crippen LogP contribution is 2.62. The summed E-state index contributed by atoms with van der Waals surface area (Å²) in [5.41, 5.74) is 1.43. The van der Waals surface area contributed by atoms with E-state index < -0.39 is 0 Å². The van der Waals surface area contributed by atoms with Crippen LogP contribution in [0.4, 0.5) is 0 Å². The minimum atomic E-state index is -0.385. The average molecular weight is 328 g/mol. The number of esters is 1. The molecular weight excluding hydrogens is 304 g/mol. The van der Waals surface area contributed by atoms with Crippen LogP contribution in [-0.4, -0.2) is 18.4 Å². The molecule has 0 amide bonds. The lowest BCUT2D eigenvalue weighted by molar-refractivity contribution is -0.145. The first kappa shape index (κ1) is 15.7. The monoisotopic (exact) mass is 328 g/mol. The number of carbonyl (C=O) groups is 2. The van der Waals surface area contributed by atoms with E-state index >= 15 is 0 Å². The van der Waals surface area contributed by atoms with Crippen LogP contribution in [0, 0.1) is 22.7 Å². The molecule has 1 aliphatic heterocycles. The number of aryl methyl sites for hydroxylation is 1. The molecule has 1 aromatic heterocycles. The van der Waals surface area contributed by atoms with Crippen molar-refractivity contribution in [2.24, 2.45) is 22.7 Å². The Kier molecular flexibility index (Phi) is 3.48. The van der Waals surface area contributed by atoms with Crippen LogP contribution < -0.4 is 0 Å². The number of hydrogen-bond donors (Lipinski definition) is 0. The maximum Gasteiger partial charge on any atom is 0.334 e. The normalized spacial score (nSPS) is 38.3. The van der Waals surface area contributed by atoms with Crippen LogP contribution in [0.25, 0.3) is 0 Å². The molecule has 4 rings (SSSR count). The Morgan fingerprint density at radius 2 is 2.17 bits per heavy atom. The van der Waals surface area contributed by atoms with E-state index in [1.807, 2.05) is 12.1 Å². The van der Waals surface area contributed by atoms with Crippen LogP contribution >= 0.6 is 0 Å². The highest BCUT2D eigenvalue weighted by Gasteiger charge is 2.63. The topological polar surface area (TPSA) is 56.5 Å². The number of furan rings is 1. The fourth-order valence-corrected chi connectivity index (χ4v) is 5.40. The molecule has 1 spiro atoms. The number of cyclic esters (lactones) is 1. The van der Waals surface area contributed by atoms with Crippen molar-refractivity contribution in [1.82, 2.24) is 0 Å². The average Bonchev–Trinajstić information content (AvgIpc) is 3.19. The van der Waals surface area contributed by atoms with Gasteiger partial charge in [-0.3, -0.25) is 4.79 Å². The van der Waals surface area contributed by atoms with E-state index in [2.05, 4.69) is 13.8 Å². The van der Waals surface area contributed by atoms with Gasteiger partial charge in [0.25, 0.3) is 0 Å². The van der Waals surface area contributed by atoms with E-state index in [9.17, 15) is 9.59 Å². The van der Waals surface area contributed by atoms with Gasteiger partial charge in [0.15, 0.2) is 0 Å². The smallest absolute Gasteiger partial charge is 0.334 e. The van der Waals surface area contributed by atoms with E-state index in [0.717, 1.165) is 31.3 Å². The third-order valence-electron chi connectivity index (χ3n) is 6.98. The first-order valence-corrected chi connectivity index (χ1v) is 8.89. The van der Waals surface area contributed by atoms with Crippen molar-refractivity contribution in [2.45, 2.75) is 46.0 Å². The fraction of sp³-hybridized carbons (Fsp3) is 0.600. The van der Waals surface area contributed by atoms with E-state index in [-0.39, 0.29) is 28.5 Å². The van der Waals surface area contributed by atoms with Gasteiger partial charge in [0.2, 0.25) is 0 Å². The lowest BCUT2D eigenvalue weighted by atomic mass is 9.46. The van der Waals surface area contributed by atoms with E-state index in [4.69, 9.17) is 9.15 Å². The van der Waals surface area contributed by atoms with Gasteiger partial charge in [-0.1, -0.05) is 19.9 Å². The summed E-state index contributed by atoms with van der Waals surface area (Å²) in [5, 5.41) is 0. The van der Waals surface area contributed by atoms with Crippen LogP contribution in [0.15, 0.2) is 34.7 Å². The lowest BCUT2D eigenvalue weighted by Gasteiger charge is -2.55. The summed E-state index contributed by atoms with van der Waals surface area (Å²) in [6.07, 6.45) is 9.70. The van der Waals surface area contributed by atoms with Crippen molar-refractivity contribution < 1.29 is 18.7 Å². The Bertz CT molecular complexity index is 701. The van der Waals surface area contributed by atoms with Crippen LogP contribution in [0.3, 0.4) is 0 Å². The Morgan fingerprint density at radius 3 is 2.92 bits per heavy atom. The van der Waals surface area contributed by atoms with Gasteiger partial charge in [-0.2, -0.15) is 0 Å². The zero-order valence-electron chi connectivity index (χ0n) is 14.3. The van der Waals surface area contributed by atoms with Crippen LogP contribution in [0.2, 0.25) is 0 Å².